The first-order valence-corrected chi connectivity index (χ1v) is 4.58. The zero-order chi connectivity index (χ0) is 10.3. The maximum absolute atomic E-state index is 5.79. The number of aromatic amines is 1. The van der Waals surface area contributed by atoms with E-state index < -0.39 is 0 Å². The van der Waals surface area contributed by atoms with Crippen LogP contribution in [-0.2, 0) is 0 Å². The van der Waals surface area contributed by atoms with Gasteiger partial charge in [0.15, 0.2) is 0 Å². The molecule has 5 nitrogen and oxygen atoms in total. The van der Waals surface area contributed by atoms with Crippen LogP contribution in [-0.4, -0.2) is 19.8 Å². The average Bonchev–Trinajstić information content (AvgIpc) is 2.83. The highest BCUT2D eigenvalue weighted by Crippen LogP contribution is 2.26. The summed E-state index contributed by atoms with van der Waals surface area (Å²) >= 11 is 0. The standard InChI is InChI=1S/C10H9N5/c11-8-6-12-14-10(8)7-5-13-15-4-2-1-3-9(7)15/h1-6H,11H2,(H,12,14). The summed E-state index contributed by atoms with van der Waals surface area (Å²) in [6.07, 6.45) is 5.27. The van der Waals surface area contributed by atoms with Crippen molar-refractivity contribution in [2.24, 2.45) is 0 Å². The molecule has 5 heteroatoms. The third kappa shape index (κ3) is 1.10. The van der Waals surface area contributed by atoms with Gasteiger partial charge in [0.05, 0.1) is 29.3 Å². The Morgan fingerprint density at radius 1 is 1.27 bits per heavy atom. The van der Waals surface area contributed by atoms with E-state index in [9.17, 15) is 0 Å². The predicted octanol–water partition coefficient (Wildman–Crippen LogP) is 1.31. The second-order valence-corrected chi connectivity index (χ2v) is 3.29. The zero-order valence-corrected chi connectivity index (χ0v) is 7.88. The third-order valence-corrected chi connectivity index (χ3v) is 2.36. The largest absolute Gasteiger partial charge is 0.396 e. The van der Waals surface area contributed by atoms with Gasteiger partial charge >= 0.3 is 0 Å². The van der Waals surface area contributed by atoms with Gasteiger partial charge in [0.25, 0.3) is 0 Å². The van der Waals surface area contributed by atoms with E-state index in [1.807, 2.05) is 24.4 Å². The van der Waals surface area contributed by atoms with Crippen molar-refractivity contribution in [3.05, 3.63) is 36.8 Å². The quantitative estimate of drug-likeness (QED) is 0.620. The lowest BCUT2D eigenvalue weighted by atomic mass is 10.2. The van der Waals surface area contributed by atoms with Crippen LogP contribution in [0.15, 0.2) is 36.8 Å². The van der Waals surface area contributed by atoms with E-state index in [0.29, 0.717) is 5.69 Å². The Labute approximate surface area is 85.5 Å². The van der Waals surface area contributed by atoms with Crippen molar-refractivity contribution in [3.63, 3.8) is 0 Å². The molecule has 0 aliphatic rings. The molecule has 0 saturated carbocycles. The Morgan fingerprint density at radius 3 is 3.00 bits per heavy atom. The van der Waals surface area contributed by atoms with Crippen LogP contribution in [0.1, 0.15) is 0 Å². The number of nitrogens with two attached hydrogens (primary N) is 1. The SMILES string of the molecule is Nc1cn[nH]c1-c1cnn2ccccc12. The summed E-state index contributed by atoms with van der Waals surface area (Å²) in [7, 11) is 0. The molecule has 0 aromatic carbocycles. The van der Waals surface area contributed by atoms with Gasteiger partial charge in [-0.05, 0) is 12.1 Å². The molecule has 3 N–H and O–H groups in total. The van der Waals surface area contributed by atoms with Crippen molar-refractivity contribution in [1.29, 1.82) is 0 Å². The lowest BCUT2D eigenvalue weighted by molar-refractivity contribution is 0.961. The zero-order valence-electron chi connectivity index (χ0n) is 7.88. The maximum atomic E-state index is 5.79. The summed E-state index contributed by atoms with van der Waals surface area (Å²) in [5.41, 5.74) is 9.21. The van der Waals surface area contributed by atoms with Gasteiger partial charge in [-0.2, -0.15) is 10.2 Å². The molecule has 0 spiro atoms. The maximum Gasteiger partial charge on any atom is 0.0917 e. The highest BCUT2D eigenvalue weighted by molar-refractivity contribution is 5.83. The number of pyridine rings is 1. The van der Waals surface area contributed by atoms with Gasteiger partial charge in [-0.25, -0.2) is 4.52 Å². The van der Waals surface area contributed by atoms with Gasteiger partial charge in [-0.1, -0.05) is 6.07 Å². The average molecular weight is 199 g/mol. The molecule has 3 heterocycles. The molecule has 3 aromatic heterocycles. The first-order chi connectivity index (χ1) is 7.36. The molecule has 0 unspecified atom stereocenters. The van der Waals surface area contributed by atoms with Crippen LogP contribution in [0.5, 0.6) is 0 Å². The van der Waals surface area contributed by atoms with E-state index in [1.54, 1.807) is 16.9 Å². The van der Waals surface area contributed by atoms with Gasteiger partial charge in [0.1, 0.15) is 0 Å². The Bertz CT molecular complexity index is 607. The molecule has 0 aliphatic heterocycles. The number of nitrogens with one attached hydrogen (secondary N) is 1. The van der Waals surface area contributed by atoms with E-state index in [-0.39, 0.29) is 0 Å². The summed E-state index contributed by atoms with van der Waals surface area (Å²) in [6.45, 7) is 0. The van der Waals surface area contributed by atoms with Crippen LogP contribution in [0.4, 0.5) is 5.69 Å². The molecule has 3 rings (SSSR count). The van der Waals surface area contributed by atoms with E-state index in [0.717, 1.165) is 16.8 Å². The molecular formula is C10H9N5. The van der Waals surface area contributed by atoms with Crippen molar-refractivity contribution in [1.82, 2.24) is 19.8 Å². The van der Waals surface area contributed by atoms with Crippen LogP contribution in [0.25, 0.3) is 16.8 Å². The number of nitrogen functional groups attached to an aromatic ring is 1. The Morgan fingerprint density at radius 2 is 2.20 bits per heavy atom. The number of fused-ring (bicyclic) bond motifs is 1. The van der Waals surface area contributed by atoms with Crippen LogP contribution in [0, 0.1) is 0 Å². The van der Waals surface area contributed by atoms with Crippen LogP contribution >= 0.6 is 0 Å². The fourth-order valence-corrected chi connectivity index (χ4v) is 1.64. The molecule has 0 atom stereocenters. The minimum Gasteiger partial charge on any atom is -0.396 e. The molecule has 0 radical (unpaired) electrons. The monoisotopic (exact) mass is 199 g/mol. The Kier molecular flexibility index (Phi) is 1.53. The molecule has 0 saturated heterocycles. The minimum atomic E-state index is 0.633. The van der Waals surface area contributed by atoms with E-state index in [2.05, 4.69) is 15.3 Å². The smallest absolute Gasteiger partial charge is 0.0917 e. The fourth-order valence-electron chi connectivity index (χ4n) is 1.64. The number of hydrogen-bond donors (Lipinski definition) is 2. The molecule has 3 aromatic rings. The van der Waals surface area contributed by atoms with E-state index in [4.69, 9.17) is 5.73 Å². The van der Waals surface area contributed by atoms with Gasteiger partial charge < -0.3 is 5.73 Å². The molecular weight excluding hydrogens is 190 g/mol. The normalized spacial score (nSPS) is 10.9. The second-order valence-electron chi connectivity index (χ2n) is 3.29. The summed E-state index contributed by atoms with van der Waals surface area (Å²) in [4.78, 5) is 0. The lowest BCUT2D eigenvalue weighted by Gasteiger charge is -1.96. The lowest BCUT2D eigenvalue weighted by Crippen LogP contribution is -1.87. The first kappa shape index (κ1) is 8.05. The topological polar surface area (TPSA) is 72.0 Å². The van der Waals surface area contributed by atoms with Crippen molar-refractivity contribution in [2.75, 3.05) is 5.73 Å². The number of rotatable bonds is 1. The van der Waals surface area contributed by atoms with Crippen LogP contribution in [0.2, 0.25) is 0 Å². The Balaban J connectivity index is 2.32. The summed E-state index contributed by atoms with van der Waals surface area (Å²) < 4.78 is 1.80. The molecule has 0 amide bonds. The summed E-state index contributed by atoms with van der Waals surface area (Å²) in [6, 6.07) is 5.88. The van der Waals surface area contributed by atoms with E-state index >= 15 is 0 Å². The minimum absolute atomic E-state index is 0.633. The van der Waals surface area contributed by atoms with Gasteiger partial charge in [-0.3, -0.25) is 5.10 Å². The number of anilines is 1. The molecule has 15 heavy (non-hydrogen) atoms. The predicted molar refractivity (Wildman–Crippen MR) is 57.2 cm³/mol. The van der Waals surface area contributed by atoms with Crippen LogP contribution in [0.3, 0.4) is 0 Å². The van der Waals surface area contributed by atoms with Crippen molar-refractivity contribution in [3.8, 4) is 11.3 Å². The Hall–Kier alpha value is -2.30. The van der Waals surface area contributed by atoms with Gasteiger partial charge in [-0.15, -0.1) is 0 Å². The van der Waals surface area contributed by atoms with Crippen molar-refractivity contribution >= 4 is 11.2 Å². The molecule has 0 aliphatic carbocycles. The summed E-state index contributed by atoms with van der Waals surface area (Å²) in [5, 5.41) is 11.0. The number of H-pyrrole nitrogens is 1. The summed E-state index contributed by atoms with van der Waals surface area (Å²) in [5.74, 6) is 0. The number of nitrogens with zero attached hydrogens (tertiary/aromatic N) is 3. The fraction of sp³-hybridized carbons (Fsp3) is 0. The molecule has 74 valence electrons. The first-order valence-electron chi connectivity index (χ1n) is 4.58. The van der Waals surface area contributed by atoms with Crippen molar-refractivity contribution in [2.45, 2.75) is 0 Å². The second kappa shape index (κ2) is 2.84. The third-order valence-electron chi connectivity index (χ3n) is 2.36. The van der Waals surface area contributed by atoms with Crippen molar-refractivity contribution < 1.29 is 0 Å². The highest BCUT2D eigenvalue weighted by atomic mass is 15.2. The highest BCUT2D eigenvalue weighted by Gasteiger charge is 2.10. The van der Waals surface area contributed by atoms with Gasteiger partial charge in [0.2, 0.25) is 0 Å². The number of hydrogen-bond acceptors (Lipinski definition) is 3. The molecule has 0 fully saturated rings. The molecule has 0 bridgehead atoms. The van der Waals surface area contributed by atoms with Crippen LogP contribution < -0.4 is 5.73 Å². The van der Waals surface area contributed by atoms with E-state index in [1.165, 1.54) is 0 Å². The number of aromatic nitrogens is 4. The van der Waals surface area contributed by atoms with Gasteiger partial charge in [0, 0.05) is 11.8 Å².